The van der Waals surface area contributed by atoms with Gasteiger partial charge in [0.25, 0.3) is 0 Å². The van der Waals surface area contributed by atoms with Gasteiger partial charge in [-0.05, 0) is 46.5 Å². The SMILES string of the molecule is N#CC(C#N)=C1C(c2ccc(C3=C(C#N)c4cc(C(F)(F)F)ccc4C3=C(C#N)C#N)cc2)=C(C#N)c2cc(C(F)(F)F)ccc21. The van der Waals surface area contributed by atoms with E-state index in [0.717, 1.165) is 36.4 Å². The number of nitrogens with zero attached hydrogens (tertiary/aromatic N) is 6. The van der Waals surface area contributed by atoms with Gasteiger partial charge in [0.1, 0.15) is 47.6 Å². The highest BCUT2D eigenvalue weighted by Crippen LogP contribution is 2.51. The number of hydrogen-bond donors (Lipinski definition) is 0. The minimum absolute atomic E-state index is 0.00834. The van der Waals surface area contributed by atoms with Crippen LogP contribution in [0.25, 0.3) is 33.4 Å². The average Bonchev–Trinajstić information content (AvgIpc) is 3.53. The van der Waals surface area contributed by atoms with Crippen LogP contribution >= 0.6 is 0 Å². The summed E-state index contributed by atoms with van der Waals surface area (Å²) in [5.41, 5.74) is -3.50. The first-order chi connectivity index (χ1) is 21.8. The quantitative estimate of drug-likeness (QED) is 0.210. The van der Waals surface area contributed by atoms with E-state index in [4.69, 9.17) is 0 Å². The number of allylic oxidation sites excluding steroid dienone is 8. The van der Waals surface area contributed by atoms with E-state index in [1.807, 2.05) is 12.1 Å². The molecule has 0 aliphatic heterocycles. The molecule has 218 valence electrons. The Morgan fingerprint density at radius 3 is 1.04 bits per heavy atom. The second-order valence-electron chi connectivity index (χ2n) is 9.76. The Bertz CT molecular complexity index is 2080. The normalized spacial score (nSPS) is 13.5. The molecule has 0 spiro atoms. The summed E-state index contributed by atoms with van der Waals surface area (Å²) in [5, 5.41) is 58.7. The smallest absolute Gasteiger partial charge is 0.192 e. The van der Waals surface area contributed by atoms with Gasteiger partial charge in [-0.1, -0.05) is 36.4 Å². The molecule has 0 N–H and O–H groups in total. The first-order valence-electron chi connectivity index (χ1n) is 12.8. The predicted molar refractivity (Wildman–Crippen MR) is 150 cm³/mol. The maximum Gasteiger partial charge on any atom is 0.416 e. The van der Waals surface area contributed by atoms with Crippen LogP contribution in [0.3, 0.4) is 0 Å². The fourth-order valence-electron chi connectivity index (χ4n) is 5.49. The van der Waals surface area contributed by atoms with Crippen molar-refractivity contribution in [1.29, 1.82) is 31.6 Å². The molecule has 3 aromatic rings. The van der Waals surface area contributed by atoms with Gasteiger partial charge in [-0.3, -0.25) is 0 Å². The molecule has 5 rings (SSSR count). The van der Waals surface area contributed by atoms with E-state index in [0.29, 0.717) is 0 Å². The van der Waals surface area contributed by atoms with Crippen LogP contribution < -0.4 is 0 Å². The second kappa shape index (κ2) is 11.0. The zero-order chi connectivity index (χ0) is 33.6. The summed E-state index contributed by atoms with van der Waals surface area (Å²) in [5.74, 6) is 0. The van der Waals surface area contributed by atoms with E-state index in [9.17, 15) is 57.9 Å². The van der Waals surface area contributed by atoms with Crippen molar-refractivity contribution in [2.45, 2.75) is 12.4 Å². The van der Waals surface area contributed by atoms with E-state index in [1.54, 1.807) is 24.3 Å². The summed E-state index contributed by atoms with van der Waals surface area (Å²) in [6.45, 7) is 0. The highest BCUT2D eigenvalue weighted by Gasteiger charge is 2.38. The van der Waals surface area contributed by atoms with Crippen LogP contribution in [-0.2, 0) is 12.4 Å². The Hall–Kier alpha value is -6.86. The third-order valence-electron chi connectivity index (χ3n) is 7.40. The molecular formula is C34H10F6N6. The van der Waals surface area contributed by atoms with Gasteiger partial charge in [0.05, 0.1) is 22.3 Å². The number of halogens is 6. The zero-order valence-electron chi connectivity index (χ0n) is 22.7. The van der Waals surface area contributed by atoms with E-state index >= 15 is 0 Å². The van der Waals surface area contributed by atoms with E-state index in [2.05, 4.69) is 0 Å². The summed E-state index contributed by atoms with van der Waals surface area (Å²) in [6.07, 6.45) is -9.50. The standard InChI is InChI=1S/C34H10F6N6/c35-33(36,37)21-5-7-23-25(9-21)27(15-45)29(31(23)19(11-41)12-42)17-1-2-18(4-3-17)30-28(16-46)26-10-22(34(38,39)40)6-8-24(26)32(30)20(13-43)14-44/h1-10H. The van der Waals surface area contributed by atoms with Gasteiger partial charge in [-0.25, -0.2) is 0 Å². The van der Waals surface area contributed by atoms with Crippen molar-refractivity contribution in [2.75, 3.05) is 0 Å². The summed E-state index contributed by atoms with van der Waals surface area (Å²) in [7, 11) is 0. The molecule has 0 heterocycles. The van der Waals surface area contributed by atoms with Gasteiger partial charge >= 0.3 is 12.4 Å². The zero-order valence-corrected chi connectivity index (χ0v) is 22.7. The van der Waals surface area contributed by atoms with Gasteiger partial charge in [0, 0.05) is 33.4 Å². The van der Waals surface area contributed by atoms with Crippen LogP contribution in [0, 0.1) is 68.0 Å². The summed E-state index contributed by atoms with van der Waals surface area (Å²) in [6, 6.07) is 21.3. The van der Waals surface area contributed by atoms with Crippen LogP contribution in [-0.4, -0.2) is 0 Å². The van der Waals surface area contributed by atoms with Crippen LogP contribution in [0.4, 0.5) is 26.3 Å². The van der Waals surface area contributed by atoms with Crippen molar-refractivity contribution >= 4 is 33.4 Å². The molecule has 2 aliphatic carbocycles. The number of fused-ring (bicyclic) bond motifs is 2. The molecule has 12 heteroatoms. The Balaban J connectivity index is 1.76. The van der Waals surface area contributed by atoms with Crippen molar-refractivity contribution in [3.05, 3.63) is 116 Å². The van der Waals surface area contributed by atoms with E-state index in [1.165, 1.54) is 24.3 Å². The predicted octanol–water partition coefficient (Wildman–Crippen LogP) is 8.22. The van der Waals surface area contributed by atoms with Crippen molar-refractivity contribution in [1.82, 2.24) is 0 Å². The monoisotopic (exact) mass is 616 g/mol. The molecule has 2 aliphatic rings. The Kier molecular flexibility index (Phi) is 7.32. The molecule has 6 nitrogen and oxygen atoms in total. The van der Waals surface area contributed by atoms with Crippen molar-refractivity contribution in [3.8, 4) is 36.4 Å². The largest absolute Gasteiger partial charge is 0.416 e. The molecule has 0 unspecified atom stereocenters. The Labute approximate surface area is 256 Å². The maximum atomic E-state index is 13.5. The van der Waals surface area contributed by atoms with Crippen molar-refractivity contribution < 1.29 is 26.3 Å². The summed E-state index contributed by atoms with van der Waals surface area (Å²) < 4.78 is 81.1. The lowest BCUT2D eigenvalue weighted by Crippen LogP contribution is -2.05. The van der Waals surface area contributed by atoms with Crippen molar-refractivity contribution in [2.24, 2.45) is 0 Å². The highest BCUT2D eigenvalue weighted by molar-refractivity contribution is 6.27. The summed E-state index contributed by atoms with van der Waals surface area (Å²) >= 11 is 0. The molecule has 0 saturated heterocycles. The van der Waals surface area contributed by atoms with Gasteiger partial charge in [-0.2, -0.15) is 57.9 Å². The van der Waals surface area contributed by atoms with Gasteiger partial charge in [0.2, 0.25) is 0 Å². The van der Waals surface area contributed by atoms with Crippen LogP contribution in [0.5, 0.6) is 0 Å². The fraction of sp³-hybridized carbons (Fsp3) is 0.0588. The van der Waals surface area contributed by atoms with Gasteiger partial charge in [0.15, 0.2) is 0 Å². The number of alkyl halides is 6. The van der Waals surface area contributed by atoms with Crippen molar-refractivity contribution in [3.63, 3.8) is 0 Å². The Morgan fingerprint density at radius 1 is 0.457 bits per heavy atom. The van der Waals surface area contributed by atoms with E-state index < -0.39 is 34.6 Å². The lowest BCUT2D eigenvalue weighted by atomic mass is 9.89. The number of benzene rings is 3. The molecule has 0 aromatic heterocycles. The first kappa shape index (κ1) is 30.6. The van der Waals surface area contributed by atoms with Crippen LogP contribution in [0.2, 0.25) is 0 Å². The second-order valence-corrected chi connectivity index (χ2v) is 9.76. The first-order valence-corrected chi connectivity index (χ1v) is 12.8. The maximum absolute atomic E-state index is 13.5. The highest BCUT2D eigenvalue weighted by atomic mass is 19.4. The minimum atomic E-state index is -4.75. The average molecular weight is 616 g/mol. The molecule has 0 radical (unpaired) electrons. The number of nitriles is 6. The van der Waals surface area contributed by atoms with E-state index in [-0.39, 0.29) is 66.8 Å². The number of hydrogen-bond acceptors (Lipinski definition) is 6. The van der Waals surface area contributed by atoms with Gasteiger partial charge < -0.3 is 0 Å². The Morgan fingerprint density at radius 2 is 0.783 bits per heavy atom. The topological polar surface area (TPSA) is 143 Å². The molecule has 46 heavy (non-hydrogen) atoms. The summed E-state index contributed by atoms with van der Waals surface area (Å²) in [4.78, 5) is 0. The third-order valence-corrected chi connectivity index (χ3v) is 7.40. The molecule has 0 atom stereocenters. The van der Waals surface area contributed by atoms with Gasteiger partial charge in [-0.15, -0.1) is 0 Å². The molecule has 0 fully saturated rings. The molecule has 0 saturated carbocycles. The fourth-order valence-corrected chi connectivity index (χ4v) is 5.49. The third kappa shape index (κ3) is 4.74. The molecular weight excluding hydrogens is 606 g/mol. The number of rotatable bonds is 2. The minimum Gasteiger partial charge on any atom is -0.192 e. The molecule has 0 amide bonds. The van der Waals surface area contributed by atoms with Crippen LogP contribution in [0.1, 0.15) is 44.5 Å². The molecule has 0 bridgehead atoms. The lowest BCUT2D eigenvalue weighted by Gasteiger charge is -2.12. The molecule has 3 aromatic carbocycles. The van der Waals surface area contributed by atoms with Crippen LogP contribution in [0.15, 0.2) is 71.8 Å². The lowest BCUT2D eigenvalue weighted by molar-refractivity contribution is -0.138.